The molecule has 1 unspecified atom stereocenters. The SMILES string of the molecule is CC(=O)N(CCC(=O)NC1CCCCC1)C(C)c1ccccc1. The average molecular weight is 316 g/mol. The van der Waals surface area contributed by atoms with E-state index in [0.29, 0.717) is 19.0 Å². The second-order valence-corrected chi connectivity index (χ2v) is 6.45. The van der Waals surface area contributed by atoms with Crippen molar-refractivity contribution in [2.45, 2.75) is 64.5 Å². The summed E-state index contributed by atoms with van der Waals surface area (Å²) in [5.41, 5.74) is 1.09. The molecule has 2 amide bonds. The van der Waals surface area contributed by atoms with E-state index in [0.717, 1.165) is 18.4 Å². The molecule has 0 aromatic heterocycles. The summed E-state index contributed by atoms with van der Waals surface area (Å²) in [5.74, 6) is 0.0650. The molecular weight excluding hydrogens is 288 g/mol. The van der Waals surface area contributed by atoms with Gasteiger partial charge >= 0.3 is 0 Å². The zero-order valence-electron chi connectivity index (χ0n) is 14.3. The molecule has 1 atom stereocenters. The largest absolute Gasteiger partial charge is 0.353 e. The molecule has 1 aliphatic carbocycles. The minimum absolute atomic E-state index is 0.00631. The summed E-state index contributed by atoms with van der Waals surface area (Å²) < 4.78 is 0. The quantitative estimate of drug-likeness (QED) is 0.874. The molecular formula is C19H28N2O2. The highest BCUT2D eigenvalue weighted by Crippen LogP contribution is 2.21. The first-order valence-electron chi connectivity index (χ1n) is 8.69. The van der Waals surface area contributed by atoms with Crippen LogP contribution in [-0.2, 0) is 9.59 Å². The molecule has 4 heteroatoms. The predicted molar refractivity (Wildman–Crippen MR) is 91.9 cm³/mol. The molecule has 1 aromatic rings. The molecule has 1 saturated carbocycles. The Morgan fingerprint density at radius 1 is 1.17 bits per heavy atom. The summed E-state index contributed by atoms with van der Waals surface area (Å²) in [7, 11) is 0. The monoisotopic (exact) mass is 316 g/mol. The smallest absolute Gasteiger partial charge is 0.221 e. The van der Waals surface area contributed by atoms with Crippen molar-refractivity contribution < 1.29 is 9.59 Å². The lowest BCUT2D eigenvalue weighted by Crippen LogP contribution is -2.39. The van der Waals surface area contributed by atoms with Crippen LogP contribution in [0.5, 0.6) is 0 Å². The molecule has 126 valence electrons. The first-order chi connectivity index (χ1) is 11.1. The van der Waals surface area contributed by atoms with Gasteiger partial charge in [-0.1, -0.05) is 49.6 Å². The Morgan fingerprint density at radius 2 is 1.83 bits per heavy atom. The zero-order chi connectivity index (χ0) is 16.7. The van der Waals surface area contributed by atoms with Crippen LogP contribution < -0.4 is 5.32 Å². The molecule has 2 rings (SSSR count). The summed E-state index contributed by atoms with van der Waals surface area (Å²) >= 11 is 0. The van der Waals surface area contributed by atoms with E-state index >= 15 is 0 Å². The fourth-order valence-electron chi connectivity index (χ4n) is 3.30. The van der Waals surface area contributed by atoms with E-state index in [4.69, 9.17) is 0 Å². The molecule has 0 bridgehead atoms. The summed E-state index contributed by atoms with van der Waals surface area (Å²) in [6.45, 7) is 4.04. The maximum atomic E-state index is 12.1. The number of carbonyl (C=O) groups is 2. The second kappa shape index (κ2) is 8.70. The van der Waals surface area contributed by atoms with E-state index in [1.807, 2.05) is 37.3 Å². The lowest BCUT2D eigenvalue weighted by Gasteiger charge is -2.29. The van der Waals surface area contributed by atoms with Crippen molar-refractivity contribution in [2.24, 2.45) is 0 Å². The van der Waals surface area contributed by atoms with Gasteiger partial charge in [-0.2, -0.15) is 0 Å². The van der Waals surface area contributed by atoms with Crippen LogP contribution in [0, 0.1) is 0 Å². The van der Waals surface area contributed by atoms with Crippen LogP contribution in [0.25, 0.3) is 0 Å². The Kier molecular flexibility index (Phi) is 6.63. The van der Waals surface area contributed by atoms with Gasteiger partial charge in [0.05, 0.1) is 6.04 Å². The molecule has 0 heterocycles. The molecule has 23 heavy (non-hydrogen) atoms. The fourth-order valence-corrected chi connectivity index (χ4v) is 3.30. The van der Waals surface area contributed by atoms with Crippen LogP contribution in [0.15, 0.2) is 30.3 Å². The van der Waals surface area contributed by atoms with E-state index in [-0.39, 0.29) is 17.9 Å². The van der Waals surface area contributed by atoms with E-state index in [1.54, 1.807) is 11.8 Å². The molecule has 0 aliphatic heterocycles. The number of nitrogens with zero attached hydrogens (tertiary/aromatic N) is 1. The van der Waals surface area contributed by atoms with Gasteiger partial charge in [0.2, 0.25) is 11.8 Å². The maximum absolute atomic E-state index is 12.1. The van der Waals surface area contributed by atoms with E-state index in [9.17, 15) is 9.59 Å². The molecule has 1 N–H and O–H groups in total. The van der Waals surface area contributed by atoms with Gasteiger partial charge in [-0.25, -0.2) is 0 Å². The minimum atomic E-state index is -0.0174. The minimum Gasteiger partial charge on any atom is -0.353 e. The number of hydrogen-bond acceptors (Lipinski definition) is 2. The Morgan fingerprint density at radius 3 is 2.43 bits per heavy atom. The van der Waals surface area contributed by atoms with Gasteiger partial charge in [0, 0.05) is 25.9 Å². The summed E-state index contributed by atoms with van der Waals surface area (Å²) in [6.07, 6.45) is 6.22. The van der Waals surface area contributed by atoms with Crippen LogP contribution in [0.1, 0.15) is 64.0 Å². The highest BCUT2D eigenvalue weighted by molar-refractivity contribution is 5.78. The van der Waals surface area contributed by atoms with Crippen molar-refractivity contribution in [3.05, 3.63) is 35.9 Å². The third-order valence-electron chi connectivity index (χ3n) is 4.70. The van der Waals surface area contributed by atoms with Gasteiger partial charge in [0.25, 0.3) is 0 Å². The molecule has 1 fully saturated rings. The Hall–Kier alpha value is -1.84. The van der Waals surface area contributed by atoms with Gasteiger partial charge in [-0.15, -0.1) is 0 Å². The van der Waals surface area contributed by atoms with Gasteiger partial charge < -0.3 is 10.2 Å². The van der Waals surface area contributed by atoms with Crippen molar-refractivity contribution in [1.29, 1.82) is 0 Å². The molecule has 1 aromatic carbocycles. The molecule has 0 radical (unpaired) electrons. The number of nitrogens with one attached hydrogen (secondary N) is 1. The number of amides is 2. The van der Waals surface area contributed by atoms with Gasteiger partial charge in [-0.3, -0.25) is 9.59 Å². The van der Waals surface area contributed by atoms with Crippen molar-refractivity contribution in [1.82, 2.24) is 10.2 Å². The molecule has 1 aliphatic rings. The third kappa shape index (κ3) is 5.38. The first kappa shape index (κ1) is 17.5. The zero-order valence-corrected chi connectivity index (χ0v) is 14.3. The third-order valence-corrected chi connectivity index (χ3v) is 4.70. The summed E-state index contributed by atoms with van der Waals surface area (Å²) in [5, 5.41) is 3.11. The second-order valence-electron chi connectivity index (χ2n) is 6.45. The van der Waals surface area contributed by atoms with Crippen molar-refractivity contribution in [2.75, 3.05) is 6.54 Å². The highest BCUT2D eigenvalue weighted by Gasteiger charge is 2.20. The Labute approximate surface area is 139 Å². The number of rotatable bonds is 6. The highest BCUT2D eigenvalue weighted by atomic mass is 16.2. The van der Waals surface area contributed by atoms with Crippen molar-refractivity contribution in [3.63, 3.8) is 0 Å². The Bertz CT molecular complexity index is 509. The van der Waals surface area contributed by atoms with Crippen LogP contribution in [0.3, 0.4) is 0 Å². The van der Waals surface area contributed by atoms with Gasteiger partial charge in [0.15, 0.2) is 0 Å². The molecule has 4 nitrogen and oxygen atoms in total. The number of carbonyl (C=O) groups excluding carboxylic acids is 2. The summed E-state index contributed by atoms with van der Waals surface area (Å²) in [4.78, 5) is 25.9. The van der Waals surface area contributed by atoms with E-state index in [1.165, 1.54) is 19.3 Å². The summed E-state index contributed by atoms with van der Waals surface area (Å²) in [6, 6.07) is 10.3. The van der Waals surface area contributed by atoms with E-state index in [2.05, 4.69) is 5.32 Å². The van der Waals surface area contributed by atoms with Crippen LogP contribution >= 0.6 is 0 Å². The maximum Gasteiger partial charge on any atom is 0.221 e. The first-order valence-corrected chi connectivity index (χ1v) is 8.69. The van der Waals surface area contributed by atoms with Crippen molar-refractivity contribution >= 4 is 11.8 Å². The van der Waals surface area contributed by atoms with Crippen molar-refractivity contribution in [3.8, 4) is 0 Å². The number of hydrogen-bond donors (Lipinski definition) is 1. The predicted octanol–water partition coefficient (Wildman–Crippen LogP) is 3.44. The average Bonchev–Trinajstić information content (AvgIpc) is 2.56. The number of benzene rings is 1. The van der Waals surface area contributed by atoms with E-state index < -0.39 is 0 Å². The lowest BCUT2D eigenvalue weighted by molar-refractivity contribution is -0.131. The molecule has 0 saturated heterocycles. The lowest BCUT2D eigenvalue weighted by atomic mass is 9.95. The van der Waals surface area contributed by atoms with Gasteiger partial charge in [-0.05, 0) is 25.3 Å². The van der Waals surface area contributed by atoms with Gasteiger partial charge in [0.1, 0.15) is 0 Å². The normalized spacial score (nSPS) is 16.6. The van der Waals surface area contributed by atoms with Crippen LogP contribution in [-0.4, -0.2) is 29.3 Å². The Balaban J connectivity index is 1.86. The topological polar surface area (TPSA) is 49.4 Å². The molecule has 0 spiro atoms. The van der Waals surface area contributed by atoms with Crippen LogP contribution in [0.4, 0.5) is 0 Å². The standard InChI is InChI=1S/C19H28N2O2/c1-15(17-9-5-3-6-10-17)21(16(2)22)14-13-19(23)20-18-11-7-4-8-12-18/h3,5-6,9-10,15,18H,4,7-8,11-14H2,1-2H3,(H,20,23). The fraction of sp³-hybridized carbons (Fsp3) is 0.579. The van der Waals surface area contributed by atoms with Crippen LogP contribution in [0.2, 0.25) is 0 Å².